The lowest BCUT2D eigenvalue weighted by molar-refractivity contribution is 0.102. The molecule has 0 aliphatic rings. The molecule has 112 valence electrons. The first-order chi connectivity index (χ1) is 10.6. The van der Waals surface area contributed by atoms with Gasteiger partial charge in [0.2, 0.25) is 0 Å². The third-order valence-corrected chi connectivity index (χ3v) is 3.86. The topological polar surface area (TPSA) is 54.1 Å². The second kappa shape index (κ2) is 5.91. The van der Waals surface area contributed by atoms with Crippen molar-refractivity contribution >= 4 is 45.7 Å². The van der Waals surface area contributed by atoms with Crippen LogP contribution < -0.4 is 10.1 Å². The van der Waals surface area contributed by atoms with Gasteiger partial charge in [0, 0.05) is 28.2 Å². The third-order valence-electron chi connectivity index (χ3n) is 3.31. The summed E-state index contributed by atoms with van der Waals surface area (Å²) in [5.74, 6) is 0.475. The predicted molar refractivity (Wildman–Crippen MR) is 89.3 cm³/mol. The van der Waals surface area contributed by atoms with Gasteiger partial charge in [0.05, 0.1) is 23.4 Å². The van der Waals surface area contributed by atoms with Crippen LogP contribution in [0.5, 0.6) is 5.75 Å². The molecule has 4 nitrogen and oxygen atoms in total. The summed E-state index contributed by atoms with van der Waals surface area (Å²) in [6.45, 7) is 0. The van der Waals surface area contributed by atoms with E-state index in [-0.39, 0.29) is 5.91 Å². The van der Waals surface area contributed by atoms with Crippen molar-refractivity contribution in [3.63, 3.8) is 0 Å². The lowest BCUT2D eigenvalue weighted by Gasteiger charge is -2.07. The molecule has 6 heteroatoms. The van der Waals surface area contributed by atoms with Gasteiger partial charge in [-0.25, -0.2) is 0 Å². The summed E-state index contributed by atoms with van der Waals surface area (Å²) < 4.78 is 5.16. The number of hydrogen-bond acceptors (Lipinski definition) is 2. The highest BCUT2D eigenvalue weighted by Gasteiger charge is 2.14. The van der Waals surface area contributed by atoms with Crippen LogP contribution in [0, 0.1) is 0 Å². The van der Waals surface area contributed by atoms with E-state index in [1.807, 2.05) is 18.2 Å². The number of anilines is 1. The summed E-state index contributed by atoms with van der Waals surface area (Å²) in [5.41, 5.74) is 1.87. The van der Waals surface area contributed by atoms with Gasteiger partial charge in [-0.15, -0.1) is 0 Å². The molecule has 2 aromatic carbocycles. The Morgan fingerprint density at radius 3 is 2.73 bits per heavy atom. The van der Waals surface area contributed by atoms with E-state index in [1.165, 1.54) is 0 Å². The summed E-state index contributed by atoms with van der Waals surface area (Å²) >= 11 is 11.9. The first-order valence-electron chi connectivity index (χ1n) is 6.50. The average molecular weight is 335 g/mol. The molecule has 1 aromatic heterocycles. The quantitative estimate of drug-likeness (QED) is 0.727. The number of carbonyl (C=O) groups excluding carboxylic acids is 1. The molecule has 0 unspecified atom stereocenters. The zero-order valence-corrected chi connectivity index (χ0v) is 13.1. The zero-order chi connectivity index (χ0) is 15.7. The molecule has 2 N–H and O–H groups in total. The van der Waals surface area contributed by atoms with Gasteiger partial charge < -0.3 is 15.0 Å². The minimum Gasteiger partial charge on any atom is -0.497 e. The van der Waals surface area contributed by atoms with Gasteiger partial charge >= 0.3 is 0 Å². The van der Waals surface area contributed by atoms with Crippen LogP contribution in [0.25, 0.3) is 10.9 Å². The van der Waals surface area contributed by atoms with Gasteiger partial charge in [-0.1, -0.05) is 23.2 Å². The monoisotopic (exact) mass is 334 g/mol. The van der Waals surface area contributed by atoms with Gasteiger partial charge in [-0.05, 0) is 30.3 Å². The van der Waals surface area contributed by atoms with Gasteiger partial charge in [0.1, 0.15) is 5.75 Å². The van der Waals surface area contributed by atoms with E-state index in [9.17, 15) is 4.79 Å². The van der Waals surface area contributed by atoms with Crippen LogP contribution in [0.3, 0.4) is 0 Å². The Labute approximate surface area is 137 Å². The van der Waals surface area contributed by atoms with E-state index < -0.39 is 0 Å². The van der Waals surface area contributed by atoms with Crippen LogP contribution >= 0.6 is 23.2 Å². The van der Waals surface area contributed by atoms with Crippen molar-refractivity contribution in [3.8, 4) is 5.75 Å². The van der Waals surface area contributed by atoms with Crippen molar-refractivity contribution in [3.05, 3.63) is 58.2 Å². The van der Waals surface area contributed by atoms with Gasteiger partial charge in [-0.2, -0.15) is 0 Å². The molecule has 22 heavy (non-hydrogen) atoms. The zero-order valence-electron chi connectivity index (χ0n) is 11.6. The fourth-order valence-corrected chi connectivity index (χ4v) is 2.66. The highest BCUT2D eigenvalue weighted by molar-refractivity contribution is 6.37. The number of ether oxygens (including phenoxy) is 1. The summed E-state index contributed by atoms with van der Waals surface area (Å²) in [6.07, 6.45) is 1.66. The van der Waals surface area contributed by atoms with Crippen molar-refractivity contribution in [1.29, 1.82) is 0 Å². The molecule has 1 heterocycles. The van der Waals surface area contributed by atoms with Gasteiger partial charge in [0.15, 0.2) is 0 Å². The Morgan fingerprint density at radius 2 is 2.00 bits per heavy atom. The number of aromatic amines is 1. The van der Waals surface area contributed by atoms with E-state index in [4.69, 9.17) is 27.9 Å². The Kier molecular flexibility index (Phi) is 3.96. The molecule has 0 atom stereocenters. The molecule has 1 amide bonds. The lowest BCUT2D eigenvalue weighted by atomic mass is 10.1. The van der Waals surface area contributed by atoms with E-state index in [0.29, 0.717) is 21.3 Å². The Bertz CT molecular complexity index is 858. The summed E-state index contributed by atoms with van der Waals surface area (Å²) in [7, 11) is 1.60. The molecular weight excluding hydrogens is 323 g/mol. The first kappa shape index (κ1) is 14.8. The third kappa shape index (κ3) is 2.75. The average Bonchev–Trinajstić information content (AvgIpc) is 2.93. The summed E-state index contributed by atoms with van der Waals surface area (Å²) in [6, 6.07) is 10.4. The van der Waals surface area contributed by atoms with Crippen LogP contribution in [0.2, 0.25) is 10.0 Å². The number of methoxy groups -OCH3 is 1. The molecule has 0 saturated heterocycles. The molecular formula is C16H12Cl2N2O2. The summed E-state index contributed by atoms with van der Waals surface area (Å²) in [5, 5.41) is 4.50. The van der Waals surface area contributed by atoms with Crippen LogP contribution in [-0.2, 0) is 0 Å². The maximum Gasteiger partial charge on any atom is 0.257 e. The van der Waals surface area contributed by atoms with Crippen LogP contribution in [0.1, 0.15) is 10.4 Å². The van der Waals surface area contributed by atoms with Crippen molar-refractivity contribution < 1.29 is 9.53 Å². The number of hydrogen-bond donors (Lipinski definition) is 2. The Balaban J connectivity index is 1.92. The smallest absolute Gasteiger partial charge is 0.257 e. The number of benzene rings is 2. The van der Waals surface area contributed by atoms with Crippen molar-refractivity contribution in [2.45, 2.75) is 0 Å². The number of fused-ring (bicyclic) bond motifs is 1. The van der Waals surface area contributed by atoms with Crippen LogP contribution in [0.4, 0.5) is 5.69 Å². The van der Waals surface area contributed by atoms with Gasteiger partial charge in [0.25, 0.3) is 5.91 Å². The number of halogens is 2. The summed E-state index contributed by atoms with van der Waals surface area (Å²) in [4.78, 5) is 15.5. The molecule has 0 spiro atoms. The minimum absolute atomic E-state index is 0.249. The SMILES string of the molecule is COc1ccc2c(C(=O)Nc3ccc(Cl)cc3Cl)c[nH]c2c1. The van der Waals surface area contributed by atoms with Crippen molar-refractivity contribution in [2.75, 3.05) is 12.4 Å². The van der Waals surface area contributed by atoms with Crippen molar-refractivity contribution in [2.24, 2.45) is 0 Å². The largest absolute Gasteiger partial charge is 0.497 e. The van der Waals surface area contributed by atoms with E-state index in [2.05, 4.69) is 10.3 Å². The maximum absolute atomic E-state index is 12.4. The maximum atomic E-state index is 12.4. The molecule has 0 bridgehead atoms. The Hall–Kier alpha value is -2.17. The highest BCUT2D eigenvalue weighted by atomic mass is 35.5. The Morgan fingerprint density at radius 1 is 1.18 bits per heavy atom. The molecule has 0 radical (unpaired) electrons. The number of rotatable bonds is 3. The molecule has 0 aliphatic heterocycles. The fourth-order valence-electron chi connectivity index (χ4n) is 2.20. The number of carbonyl (C=O) groups is 1. The minimum atomic E-state index is -0.249. The second-order valence-corrected chi connectivity index (χ2v) is 5.54. The van der Waals surface area contributed by atoms with Crippen molar-refractivity contribution in [1.82, 2.24) is 4.98 Å². The van der Waals surface area contributed by atoms with Crippen LogP contribution in [0.15, 0.2) is 42.6 Å². The molecule has 0 aliphatic carbocycles. The molecule has 3 aromatic rings. The molecule has 0 fully saturated rings. The standard InChI is InChI=1S/C16H12Cl2N2O2/c1-22-10-3-4-11-12(8-19-15(11)7-10)16(21)20-14-5-2-9(17)6-13(14)18/h2-8,19H,1H3,(H,20,21). The number of aromatic nitrogens is 1. The number of H-pyrrole nitrogens is 1. The number of nitrogens with one attached hydrogen (secondary N) is 2. The van der Waals surface area contributed by atoms with E-state index in [1.54, 1.807) is 31.5 Å². The van der Waals surface area contributed by atoms with Gasteiger partial charge in [-0.3, -0.25) is 4.79 Å². The van der Waals surface area contributed by atoms with E-state index >= 15 is 0 Å². The predicted octanol–water partition coefficient (Wildman–Crippen LogP) is 4.74. The molecule has 3 rings (SSSR count). The lowest BCUT2D eigenvalue weighted by Crippen LogP contribution is -2.11. The number of amides is 1. The van der Waals surface area contributed by atoms with E-state index in [0.717, 1.165) is 16.7 Å². The first-order valence-corrected chi connectivity index (χ1v) is 7.25. The molecule has 0 saturated carbocycles. The highest BCUT2D eigenvalue weighted by Crippen LogP contribution is 2.27. The second-order valence-electron chi connectivity index (χ2n) is 4.69. The van der Waals surface area contributed by atoms with Crippen LogP contribution in [-0.4, -0.2) is 18.0 Å². The fraction of sp³-hybridized carbons (Fsp3) is 0.0625. The normalized spacial score (nSPS) is 10.7.